The molecule has 1 saturated heterocycles. The summed E-state index contributed by atoms with van der Waals surface area (Å²) in [5.41, 5.74) is -2.07. The van der Waals surface area contributed by atoms with E-state index < -0.39 is 60.4 Å². The number of rotatable bonds is 9. The summed E-state index contributed by atoms with van der Waals surface area (Å²) >= 11 is 0. The monoisotopic (exact) mass is 458 g/mol. The zero-order chi connectivity index (χ0) is 24.0. The molecular weight excluding hydrogens is 430 g/mol. The quantitative estimate of drug-likeness (QED) is 0.270. The van der Waals surface area contributed by atoms with E-state index in [9.17, 15) is 39.5 Å². The van der Waals surface area contributed by atoms with Crippen LogP contribution < -0.4 is 0 Å². The Balaban J connectivity index is 3.48. The van der Waals surface area contributed by atoms with Crippen molar-refractivity contribution in [3.05, 3.63) is 0 Å². The van der Waals surface area contributed by atoms with Crippen molar-refractivity contribution in [1.82, 2.24) is 0 Å². The highest BCUT2D eigenvalue weighted by molar-refractivity contribution is 6.47. The lowest BCUT2D eigenvalue weighted by Crippen LogP contribution is -2.64. The summed E-state index contributed by atoms with van der Waals surface area (Å²) in [5.74, 6) is -23.3. The van der Waals surface area contributed by atoms with Gasteiger partial charge in [0.1, 0.15) is 0 Å². The molecule has 1 aliphatic rings. The second-order valence-electron chi connectivity index (χ2n) is 8.74. The van der Waals surface area contributed by atoms with Crippen molar-refractivity contribution < 1.29 is 48.8 Å². The largest absolute Gasteiger partial charge is 0.461 e. The van der Waals surface area contributed by atoms with E-state index in [1.807, 2.05) is 0 Å². The van der Waals surface area contributed by atoms with Gasteiger partial charge in [0.05, 0.1) is 11.2 Å². The van der Waals surface area contributed by atoms with Crippen LogP contribution in [0.4, 0.5) is 39.5 Å². The molecule has 1 aliphatic heterocycles. The molecule has 12 heteroatoms. The van der Waals surface area contributed by atoms with E-state index in [1.165, 1.54) is 6.92 Å². The first kappa shape index (κ1) is 27.4. The molecule has 0 radical (unpaired) electrons. The average molecular weight is 458 g/mol. The Bertz CT molecular complexity index is 575. The van der Waals surface area contributed by atoms with Crippen molar-refractivity contribution in [2.24, 2.45) is 5.92 Å². The molecule has 1 fully saturated rings. The molecule has 2 unspecified atom stereocenters. The molecule has 0 N–H and O–H groups in total. The molecule has 0 aromatic rings. The number of hydrogen-bond acceptors (Lipinski definition) is 2. The SMILES string of the molecule is CCCC(B1OC(C)(C)C(C)(C)O1)C(CCC)C(F)(F)C(F)(F)C(F)(F)C(F)(F)F. The van der Waals surface area contributed by atoms with Gasteiger partial charge in [0, 0.05) is 11.7 Å². The van der Waals surface area contributed by atoms with Crippen molar-refractivity contribution in [3.63, 3.8) is 0 Å². The summed E-state index contributed by atoms with van der Waals surface area (Å²) in [5, 5.41) is 0. The normalized spacial score (nSPS) is 22.3. The molecular formula is C18H28BF9O2. The van der Waals surface area contributed by atoms with E-state index in [1.54, 1.807) is 34.6 Å². The van der Waals surface area contributed by atoms with Crippen molar-refractivity contribution >= 4 is 7.12 Å². The van der Waals surface area contributed by atoms with Gasteiger partial charge >= 0.3 is 31.1 Å². The van der Waals surface area contributed by atoms with Crippen molar-refractivity contribution in [3.8, 4) is 0 Å². The van der Waals surface area contributed by atoms with Gasteiger partial charge in [-0.25, -0.2) is 0 Å². The average Bonchev–Trinajstić information content (AvgIpc) is 2.77. The lowest BCUT2D eigenvalue weighted by Gasteiger charge is -2.41. The van der Waals surface area contributed by atoms with Crippen LogP contribution in [0.5, 0.6) is 0 Å². The Morgan fingerprint density at radius 2 is 1.10 bits per heavy atom. The second kappa shape index (κ2) is 8.37. The van der Waals surface area contributed by atoms with E-state index in [4.69, 9.17) is 9.31 Å². The highest BCUT2D eigenvalue weighted by atomic mass is 19.4. The topological polar surface area (TPSA) is 18.5 Å². The first-order valence-electron chi connectivity index (χ1n) is 9.77. The van der Waals surface area contributed by atoms with E-state index in [-0.39, 0.29) is 19.3 Å². The van der Waals surface area contributed by atoms with Gasteiger partial charge in [-0.2, -0.15) is 39.5 Å². The van der Waals surface area contributed by atoms with E-state index in [2.05, 4.69) is 0 Å². The van der Waals surface area contributed by atoms with Gasteiger partial charge in [-0.1, -0.05) is 33.1 Å². The molecule has 2 nitrogen and oxygen atoms in total. The molecule has 0 aromatic heterocycles. The molecule has 178 valence electrons. The van der Waals surface area contributed by atoms with E-state index in [0.29, 0.717) is 0 Å². The fourth-order valence-corrected chi connectivity index (χ4v) is 3.52. The summed E-state index contributed by atoms with van der Waals surface area (Å²) in [7, 11) is -1.47. The van der Waals surface area contributed by atoms with Crippen molar-refractivity contribution in [2.75, 3.05) is 0 Å². The zero-order valence-corrected chi connectivity index (χ0v) is 17.8. The van der Waals surface area contributed by atoms with Crippen LogP contribution >= 0.6 is 0 Å². The van der Waals surface area contributed by atoms with Crippen LogP contribution in [-0.2, 0) is 9.31 Å². The first-order chi connectivity index (χ1) is 13.2. The summed E-state index contributed by atoms with van der Waals surface area (Å²) in [6, 6.07) is 0. The summed E-state index contributed by atoms with van der Waals surface area (Å²) in [6.07, 6.45) is -7.72. The van der Waals surface area contributed by atoms with Gasteiger partial charge in [-0.3, -0.25) is 0 Å². The Labute approximate surface area is 171 Å². The number of halogens is 9. The second-order valence-corrected chi connectivity index (χ2v) is 8.74. The smallest absolute Gasteiger partial charge is 0.403 e. The van der Waals surface area contributed by atoms with Crippen LogP contribution in [0.1, 0.15) is 67.2 Å². The summed E-state index contributed by atoms with van der Waals surface area (Å²) in [6.45, 7) is 9.20. The maximum absolute atomic E-state index is 14.8. The molecule has 2 atom stereocenters. The molecule has 0 aliphatic carbocycles. The molecule has 1 rings (SSSR count). The third-order valence-electron chi connectivity index (χ3n) is 5.99. The van der Waals surface area contributed by atoms with Crippen LogP contribution in [0.2, 0.25) is 5.82 Å². The summed E-state index contributed by atoms with van der Waals surface area (Å²) in [4.78, 5) is 0. The Kier molecular flexibility index (Phi) is 7.64. The highest BCUT2D eigenvalue weighted by Crippen LogP contribution is 2.59. The van der Waals surface area contributed by atoms with Crippen molar-refractivity contribution in [2.45, 2.75) is 108 Å². The predicted molar refractivity (Wildman–Crippen MR) is 94.0 cm³/mol. The maximum Gasteiger partial charge on any atom is 0.461 e. The standard InChI is InChI=1S/C18H28BF9O2/c1-7-9-11(15(20,21)16(22,23)17(24,25)18(26,27)28)12(10-8-2)19-29-13(3,4)14(5,6)30-19/h11-12H,7-10H2,1-6H3. The van der Waals surface area contributed by atoms with Crippen LogP contribution in [0.25, 0.3) is 0 Å². The zero-order valence-electron chi connectivity index (χ0n) is 17.8. The van der Waals surface area contributed by atoms with E-state index >= 15 is 0 Å². The Morgan fingerprint density at radius 3 is 1.43 bits per heavy atom. The van der Waals surface area contributed by atoms with Gasteiger partial charge < -0.3 is 9.31 Å². The number of alkyl halides is 9. The first-order valence-corrected chi connectivity index (χ1v) is 9.77. The molecule has 0 bridgehead atoms. The molecule has 0 aromatic carbocycles. The molecule has 1 heterocycles. The van der Waals surface area contributed by atoms with Gasteiger partial charge in [0.2, 0.25) is 0 Å². The fraction of sp³-hybridized carbons (Fsp3) is 1.00. The minimum absolute atomic E-state index is 0.145. The van der Waals surface area contributed by atoms with Crippen LogP contribution in [0.3, 0.4) is 0 Å². The molecule has 0 spiro atoms. The summed E-state index contributed by atoms with van der Waals surface area (Å²) < 4.78 is 134. The third kappa shape index (κ3) is 4.45. The van der Waals surface area contributed by atoms with Crippen LogP contribution in [-0.4, -0.2) is 42.3 Å². The van der Waals surface area contributed by atoms with Gasteiger partial charge in [0.25, 0.3) is 0 Å². The fourth-order valence-electron chi connectivity index (χ4n) is 3.52. The minimum Gasteiger partial charge on any atom is -0.403 e. The lowest BCUT2D eigenvalue weighted by atomic mass is 9.59. The van der Waals surface area contributed by atoms with Crippen LogP contribution in [0, 0.1) is 5.92 Å². The molecule has 0 amide bonds. The number of hydrogen-bond donors (Lipinski definition) is 0. The highest BCUT2D eigenvalue weighted by Gasteiger charge is 2.83. The third-order valence-corrected chi connectivity index (χ3v) is 5.99. The lowest BCUT2D eigenvalue weighted by molar-refractivity contribution is -0.403. The minimum atomic E-state index is -6.91. The van der Waals surface area contributed by atoms with Gasteiger partial charge in [0.15, 0.2) is 0 Å². The molecule has 30 heavy (non-hydrogen) atoms. The Morgan fingerprint density at radius 1 is 0.700 bits per heavy atom. The Hall–Kier alpha value is -0.645. The predicted octanol–water partition coefficient (Wildman–Crippen LogP) is 7.13. The molecule has 0 saturated carbocycles. The maximum atomic E-state index is 14.8. The van der Waals surface area contributed by atoms with Gasteiger partial charge in [-0.15, -0.1) is 0 Å². The van der Waals surface area contributed by atoms with Crippen LogP contribution in [0.15, 0.2) is 0 Å². The van der Waals surface area contributed by atoms with E-state index in [0.717, 1.165) is 0 Å². The van der Waals surface area contributed by atoms with Crippen molar-refractivity contribution in [1.29, 1.82) is 0 Å². The van der Waals surface area contributed by atoms with Gasteiger partial charge in [-0.05, 0) is 34.1 Å².